The van der Waals surface area contributed by atoms with Crippen molar-refractivity contribution >= 4 is 5.57 Å². The van der Waals surface area contributed by atoms with Crippen LogP contribution >= 0.6 is 0 Å². The molecule has 0 bridgehead atoms. The van der Waals surface area contributed by atoms with E-state index in [-0.39, 0.29) is 5.88 Å². The van der Waals surface area contributed by atoms with Crippen molar-refractivity contribution in [2.75, 3.05) is 6.54 Å². The van der Waals surface area contributed by atoms with Crippen LogP contribution in [0.25, 0.3) is 5.57 Å². The van der Waals surface area contributed by atoms with Crippen LogP contribution in [-0.2, 0) is 6.18 Å². The molecule has 1 fully saturated rings. The third-order valence-corrected chi connectivity index (χ3v) is 5.95. The molecule has 162 valence electrons. The Bertz CT molecular complexity index is 996. The van der Waals surface area contributed by atoms with E-state index in [0.717, 1.165) is 50.1 Å². The van der Waals surface area contributed by atoms with Gasteiger partial charge in [-0.15, -0.1) is 0 Å². The number of aromatic nitrogens is 1. The van der Waals surface area contributed by atoms with Gasteiger partial charge in [0.05, 0.1) is 5.56 Å². The summed E-state index contributed by atoms with van der Waals surface area (Å²) >= 11 is 0. The van der Waals surface area contributed by atoms with Crippen molar-refractivity contribution in [1.29, 1.82) is 0 Å². The van der Waals surface area contributed by atoms with Gasteiger partial charge < -0.3 is 9.64 Å². The highest BCUT2D eigenvalue weighted by Gasteiger charge is 2.30. The van der Waals surface area contributed by atoms with Crippen LogP contribution in [-0.4, -0.2) is 22.5 Å². The molecular weight excluding hydrogens is 401 g/mol. The number of halogens is 3. The van der Waals surface area contributed by atoms with E-state index in [1.165, 1.54) is 17.2 Å². The van der Waals surface area contributed by atoms with Gasteiger partial charge in [0.2, 0.25) is 5.88 Å². The molecule has 0 amide bonds. The summed E-state index contributed by atoms with van der Waals surface area (Å²) in [5.74, 6) is 0.697. The van der Waals surface area contributed by atoms with Crippen LogP contribution in [0.15, 0.2) is 72.6 Å². The number of pyridine rings is 1. The van der Waals surface area contributed by atoms with Gasteiger partial charge in [0.15, 0.2) is 0 Å². The van der Waals surface area contributed by atoms with Gasteiger partial charge in [0.1, 0.15) is 5.75 Å². The maximum absolute atomic E-state index is 12.7. The molecule has 31 heavy (non-hydrogen) atoms. The number of rotatable bonds is 4. The zero-order valence-corrected chi connectivity index (χ0v) is 17.4. The lowest BCUT2D eigenvalue weighted by atomic mass is 9.85. The van der Waals surface area contributed by atoms with Crippen molar-refractivity contribution < 1.29 is 17.9 Å². The average Bonchev–Trinajstić information content (AvgIpc) is 2.79. The van der Waals surface area contributed by atoms with Gasteiger partial charge in [-0.05, 0) is 74.2 Å². The zero-order valence-electron chi connectivity index (χ0n) is 17.4. The SMILES string of the molecule is CC(=C1CCC(N2C=CC=CC2)CC1)c1cccc(Oc2ccc(C(F)(F)F)cn2)c1. The fourth-order valence-electron chi connectivity index (χ4n) is 4.14. The fourth-order valence-corrected chi connectivity index (χ4v) is 4.14. The molecule has 0 atom stereocenters. The summed E-state index contributed by atoms with van der Waals surface area (Å²) in [7, 11) is 0. The van der Waals surface area contributed by atoms with Gasteiger partial charge in [-0.1, -0.05) is 29.9 Å². The normalized spacial score (nSPS) is 18.9. The maximum atomic E-state index is 12.7. The van der Waals surface area contributed by atoms with Crippen LogP contribution in [0.3, 0.4) is 0 Å². The van der Waals surface area contributed by atoms with E-state index in [9.17, 15) is 13.2 Å². The molecule has 4 rings (SSSR count). The van der Waals surface area contributed by atoms with Gasteiger partial charge in [0, 0.05) is 24.8 Å². The highest BCUT2D eigenvalue weighted by atomic mass is 19.4. The Morgan fingerprint density at radius 2 is 1.90 bits per heavy atom. The molecule has 2 aromatic rings. The second-order valence-electron chi connectivity index (χ2n) is 7.94. The van der Waals surface area contributed by atoms with Crippen LogP contribution in [0.2, 0.25) is 0 Å². The van der Waals surface area contributed by atoms with Gasteiger partial charge in [-0.3, -0.25) is 0 Å². The third kappa shape index (κ3) is 5.19. The number of allylic oxidation sites excluding steroid dienone is 4. The van der Waals surface area contributed by atoms with Gasteiger partial charge >= 0.3 is 6.18 Å². The summed E-state index contributed by atoms with van der Waals surface area (Å²) in [5, 5.41) is 0. The molecule has 1 aromatic carbocycles. The minimum atomic E-state index is -4.41. The van der Waals surface area contributed by atoms with E-state index in [2.05, 4.69) is 41.2 Å². The molecule has 3 nitrogen and oxygen atoms in total. The molecule has 0 unspecified atom stereocenters. The number of hydrogen-bond acceptors (Lipinski definition) is 3. The standard InChI is InChI=1S/C25H25F3N2O/c1-18(19-8-11-22(12-9-19)30-14-3-2-4-15-30)20-6-5-7-23(16-20)31-24-13-10-21(17-29-24)25(26,27)28/h2-7,10,13-14,16-17,22H,8-9,11-12,15H2,1H3. The molecule has 2 aliphatic rings. The van der Waals surface area contributed by atoms with E-state index in [4.69, 9.17) is 4.74 Å². The van der Waals surface area contributed by atoms with Crippen molar-refractivity contribution in [3.63, 3.8) is 0 Å². The monoisotopic (exact) mass is 426 g/mol. The Morgan fingerprint density at radius 1 is 1.10 bits per heavy atom. The molecule has 0 radical (unpaired) electrons. The second-order valence-corrected chi connectivity index (χ2v) is 7.94. The molecule has 1 aliphatic heterocycles. The summed E-state index contributed by atoms with van der Waals surface area (Å²) in [6.07, 6.45) is 9.34. The van der Waals surface area contributed by atoms with Crippen LogP contribution in [0.4, 0.5) is 13.2 Å². The maximum Gasteiger partial charge on any atom is 0.417 e. The highest BCUT2D eigenvalue weighted by Crippen LogP contribution is 2.35. The predicted molar refractivity (Wildman–Crippen MR) is 116 cm³/mol. The third-order valence-electron chi connectivity index (χ3n) is 5.95. The number of nitrogens with zero attached hydrogens (tertiary/aromatic N) is 2. The first-order valence-corrected chi connectivity index (χ1v) is 10.5. The first kappa shape index (κ1) is 21.2. The molecule has 2 heterocycles. The molecule has 0 saturated heterocycles. The predicted octanol–water partition coefficient (Wildman–Crippen LogP) is 6.99. The van der Waals surface area contributed by atoms with Crippen LogP contribution in [0.1, 0.15) is 43.7 Å². The number of hydrogen-bond donors (Lipinski definition) is 0. The van der Waals surface area contributed by atoms with E-state index in [1.807, 2.05) is 18.2 Å². The molecule has 0 N–H and O–H groups in total. The minimum Gasteiger partial charge on any atom is -0.439 e. The van der Waals surface area contributed by atoms with Crippen molar-refractivity contribution in [3.8, 4) is 11.6 Å². The Hall–Kier alpha value is -3.02. The second kappa shape index (κ2) is 9.00. The Kier molecular flexibility index (Phi) is 6.16. The van der Waals surface area contributed by atoms with Crippen LogP contribution in [0.5, 0.6) is 11.6 Å². The first-order chi connectivity index (χ1) is 14.9. The summed E-state index contributed by atoms with van der Waals surface area (Å²) in [6.45, 7) is 3.12. The van der Waals surface area contributed by atoms with Crippen molar-refractivity contribution in [1.82, 2.24) is 9.88 Å². The molecular formula is C25H25F3N2O. The Balaban J connectivity index is 1.43. The molecule has 6 heteroatoms. The van der Waals surface area contributed by atoms with Gasteiger partial charge in [0.25, 0.3) is 0 Å². The fraction of sp³-hybridized carbons (Fsp3) is 0.320. The lowest BCUT2D eigenvalue weighted by Crippen LogP contribution is -2.33. The van der Waals surface area contributed by atoms with E-state index >= 15 is 0 Å². The van der Waals surface area contributed by atoms with E-state index in [1.54, 1.807) is 6.07 Å². The van der Waals surface area contributed by atoms with Crippen LogP contribution in [0, 0.1) is 0 Å². The average molecular weight is 426 g/mol. The Morgan fingerprint density at radius 3 is 2.55 bits per heavy atom. The molecule has 1 aliphatic carbocycles. The zero-order chi connectivity index (χ0) is 21.8. The minimum absolute atomic E-state index is 0.139. The summed E-state index contributed by atoms with van der Waals surface area (Å²) in [6, 6.07) is 10.4. The van der Waals surface area contributed by atoms with Gasteiger partial charge in [-0.25, -0.2) is 4.98 Å². The molecule has 1 saturated carbocycles. The quantitative estimate of drug-likeness (QED) is 0.527. The van der Waals surface area contributed by atoms with Gasteiger partial charge in [-0.2, -0.15) is 13.2 Å². The van der Waals surface area contributed by atoms with E-state index < -0.39 is 11.7 Å². The lowest BCUT2D eigenvalue weighted by Gasteiger charge is -2.35. The van der Waals surface area contributed by atoms with Crippen LogP contribution < -0.4 is 4.74 Å². The first-order valence-electron chi connectivity index (χ1n) is 10.5. The largest absolute Gasteiger partial charge is 0.439 e. The number of benzene rings is 1. The Labute approximate surface area is 180 Å². The van der Waals surface area contributed by atoms with Crippen molar-refractivity contribution in [2.45, 2.75) is 44.8 Å². The smallest absolute Gasteiger partial charge is 0.417 e. The topological polar surface area (TPSA) is 25.4 Å². The summed E-state index contributed by atoms with van der Waals surface area (Å²) in [5.41, 5.74) is 2.98. The van der Waals surface area contributed by atoms with E-state index in [0.29, 0.717) is 11.8 Å². The summed E-state index contributed by atoms with van der Waals surface area (Å²) < 4.78 is 43.8. The highest BCUT2D eigenvalue weighted by molar-refractivity contribution is 5.68. The molecule has 1 aromatic heterocycles. The van der Waals surface area contributed by atoms with Crippen molar-refractivity contribution in [3.05, 3.63) is 83.7 Å². The molecule has 0 spiro atoms. The summed E-state index contributed by atoms with van der Waals surface area (Å²) in [4.78, 5) is 6.20. The van der Waals surface area contributed by atoms with Crippen molar-refractivity contribution in [2.24, 2.45) is 0 Å². The number of alkyl halides is 3. The number of ether oxygens (including phenoxy) is 1. The lowest BCUT2D eigenvalue weighted by molar-refractivity contribution is -0.137.